The lowest BCUT2D eigenvalue weighted by molar-refractivity contribution is 0.0604. The topological polar surface area (TPSA) is 60.2 Å². The number of carbonyl (C=O) groups is 1. The largest absolute Gasteiger partial charge is 0.336 e. The number of pyridine rings is 1. The van der Waals surface area contributed by atoms with E-state index in [2.05, 4.69) is 16.0 Å². The quantitative estimate of drug-likeness (QED) is 0.800. The molecule has 0 radical (unpaired) electrons. The Hall–Kier alpha value is -1.35. The Labute approximate surface area is 134 Å². The van der Waals surface area contributed by atoms with Crippen molar-refractivity contribution in [2.24, 2.45) is 0 Å². The first-order chi connectivity index (χ1) is 10.1. The Morgan fingerprint density at radius 3 is 2.57 bits per heavy atom. The van der Waals surface area contributed by atoms with Crippen molar-refractivity contribution < 1.29 is 4.79 Å². The van der Waals surface area contributed by atoms with E-state index in [1.54, 1.807) is 17.0 Å². The Balaban J connectivity index is 2.02. The molecule has 112 valence electrons. The standard InChI is InChI=1S/C14H16Cl2N4O/c1-2-10(9-17)19-5-7-20(8-6-19)14(21)11-3-4-12(15)18-13(11)16/h3-4,10H,2,5-8H2,1H3. The zero-order valence-corrected chi connectivity index (χ0v) is 13.2. The van der Waals surface area contributed by atoms with Crippen LogP contribution in [0.25, 0.3) is 0 Å². The fraction of sp³-hybridized carbons (Fsp3) is 0.500. The Morgan fingerprint density at radius 1 is 1.38 bits per heavy atom. The van der Waals surface area contributed by atoms with Gasteiger partial charge < -0.3 is 4.90 Å². The van der Waals surface area contributed by atoms with Gasteiger partial charge in [-0.15, -0.1) is 0 Å². The van der Waals surface area contributed by atoms with Crippen molar-refractivity contribution in [3.05, 3.63) is 28.0 Å². The number of piperazine rings is 1. The summed E-state index contributed by atoms with van der Waals surface area (Å²) in [6.45, 7) is 4.53. The first-order valence-electron chi connectivity index (χ1n) is 6.81. The molecule has 2 heterocycles. The molecule has 1 saturated heterocycles. The highest BCUT2D eigenvalue weighted by atomic mass is 35.5. The number of nitrogens with zero attached hydrogens (tertiary/aromatic N) is 4. The lowest BCUT2D eigenvalue weighted by Gasteiger charge is -2.36. The Morgan fingerprint density at radius 2 is 2.05 bits per heavy atom. The summed E-state index contributed by atoms with van der Waals surface area (Å²) in [5, 5.41) is 9.47. The number of hydrogen-bond acceptors (Lipinski definition) is 4. The van der Waals surface area contributed by atoms with Gasteiger partial charge in [-0.25, -0.2) is 4.98 Å². The van der Waals surface area contributed by atoms with E-state index in [1.807, 2.05) is 6.92 Å². The first kappa shape index (κ1) is 16.0. The fourth-order valence-electron chi connectivity index (χ4n) is 2.41. The summed E-state index contributed by atoms with van der Waals surface area (Å²) < 4.78 is 0. The van der Waals surface area contributed by atoms with Crippen molar-refractivity contribution in [3.8, 4) is 6.07 Å². The van der Waals surface area contributed by atoms with E-state index >= 15 is 0 Å². The highest BCUT2D eigenvalue weighted by molar-refractivity contribution is 6.34. The number of rotatable bonds is 3. The van der Waals surface area contributed by atoms with Crippen LogP contribution in [0.1, 0.15) is 23.7 Å². The van der Waals surface area contributed by atoms with Gasteiger partial charge >= 0.3 is 0 Å². The van der Waals surface area contributed by atoms with Crippen LogP contribution in [0.15, 0.2) is 12.1 Å². The van der Waals surface area contributed by atoms with Gasteiger partial charge in [0.25, 0.3) is 5.91 Å². The highest BCUT2D eigenvalue weighted by Crippen LogP contribution is 2.19. The molecule has 1 aromatic heterocycles. The summed E-state index contributed by atoms with van der Waals surface area (Å²) in [4.78, 5) is 20.1. The molecule has 0 bridgehead atoms. The molecule has 2 rings (SSSR count). The summed E-state index contributed by atoms with van der Waals surface area (Å²) in [6.07, 6.45) is 0.789. The average molecular weight is 327 g/mol. The average Bonchev–Trinajstić information content (AvgIpc) is 2.48. The maximum Gasteiger partial charge on any atom is 0.257 e. The zero-order chi connectivity index (χ0) is 15.4. The van der Waals surface area contributed by atoms with Gasteiger partial charge in [-0.2, -0.15) is 5.26 Å². The van der Waals surface area contributed by atoms with Crippen molar-refractivity contribution >= 4 is 29.1 Å². The number of halogens is 2. The van der Waals surface area contributed by atoms with Crippen LogP contribution in [0.3, 0.4) is 0 Å². The molecule has 5 nitrogen and oxygen atoms in total. The van der Waals surface area contributed by atoms with Crippen LogP contribution in [0.5, 0.6) is 0 Å². The van der Waals surface area contributed by atoms with Gasteiger partial charge in [0.1, 0.15) is 10.3 Å². The van der Waals surface area contributed by atoms with Gasteiger partial charge in [-0.05, 0) is 18.6 Å². The molecule has 1 aliphatic heterocycles. The summed E-state index contributed by atoms with van der Waals surface area (Å²) in [5.74, 6) is -0.145. The molecule has 1 aliphatic rings. The van der Waals surface area contributed by atoms with Crippen LogP contribution in [-0.4, -0.2) is 52.9 Å². The summed E-state index contributed by atoms with van der Waals surface area (Å²) in [7, 11) is 0. The van der Waals surface area contributed by atoms with Gasteiger partial charge in [0.15, 0.2) is 0 Å². The van der Waals surface area contributed by atoms with Gasteiger partial charge in [-0.1, -0.05) is 30.1 Å². The van der Waals surface area contributed by atoms with Crippen LogP contribution in [0, 0.1) is 11.3 Å². The van der Waals surface area contributed by atoms with Crippen LogP contribution >= 0.6 is 23.2 Å². The second-order valence-corrected chi connectivity index (χ2v) is 5.60. The van der Waals surface area contributed by atoms with E-state index in [4.69, 9.17) is 28.5 Å². The van der Waals surface area contributed by atoms with Crippen molar-refractivity contribution in [1.82, 2.24) is 14.8 Å². The van der Waals surface area contributed by atoms with Gasteiger partial charge in [-0.3, -0.25) is 9.69 Å². The molecule has 0 N–H and O–H groups in total. The first-order valence-corrected chi connectivity index (χ1v) is 7.57. The number of hydrogen-bond donors (Lipinski definition) is 0. The third-order valence-electron chi connectivity index (χ3n) is 3.62. The van der Waals surface area contributed by atoms with Crippen LogP contribution in [-0.2, 0) is 0 Å². The van der Waals surface area contributed by atoms with E-state index in [0.717, 1.165) is 6.42 Å². The predicted octanol–water partition coefficient (Wildman–Crippen LogP) is 2.45. The van der Waals surface area contributed by atoms with Gasteiger partial charge in [0, 0.05) is 26.2 Å². The summed E-state index contributed by atoms with van der Waals surface area (Å²) >= 11 is 11.7. The molecular formula is C14H16Cl2N4O. The monoisotopic (exact) mass is 326 g/mol. The fourth-order valence-corrected chi connectivity index (χ4v) is 2.84. The van der Waals surface area contributed by atoms with Crippen molar-refractivity contribution in [2.45, 2.75) is 19.4 Å². The molecule has 1 fully saturated rings. The zero-order valence-electron chi connectivity index (χ0n) is 11.7. The SMILES string of the molecule is CCC(C#N)N1CCN(C(=O)c2ccc(Cl)nc2Cl)CC1. The number of amides is 1. The summed E-state index contributed by atoms with van der Waals surface area (Å²) in [5.41, 5.74) is 0.363. The summed E-state index contributed by atoms with van der Waals surface area (Å²) in [6, 6.07) is 5.36. The molecule has 1 amide bonds. The Bertz CT molecular complexity index is 565. The Kier molecular flexibility index (Phi) is 5.40. The highest BCUT2D eigenvalue weighted by Gasteiger charge is 2.26. The lowest BCUT2D eigenvalue weighted by Crippen LogP contribution is -2.51. The van der Waals surface area contributed by atoms with Crippen molar-refractivity contribution in [3.63, 3.8) is 0 Å². The molecule has 21 heavy (non-hydrogen) atoms. The second-order valence-electron chi connectivity index (χ2n) is 4.85. The minimum atomic E-state index is -0.145. The van der Waals surface area contributed by atoms with Crippen LogP contribution in [0.2, 0.25) is 10.3 Å². The molecule has 1 aromatic rings. The maximum atomic E-state index is 12.4. The number of nitriles is 1. The third-order valence-corrected chi connectivity index (χ3v) is 4.12. The minimum absolute atomic E-state index is 0.0805. The lowest BCUT2D eigenvalue weighted by atomic mass is 10.1. The molecule has 1 atom stereocenters. The van der Waals surface area contributed by atoms with E-state index in [0.29, 0.717) is 31.7 Å². The van der Waals surface area contributed by atoms with Gasteiger partial charge in [0.2, 0.25) is 0 Å². The second kappa shape index (κ2) is 7.08. The van der Waals surface area contributed by atoms with E-state index in [1.165, 1.54) is 0 Å². The van der Waals surface area contributed by atoms with E-state index in [9.17, 15) is 4.79 Å². The molecule has 0 aliphatic carbocycles. The normalized spacial score (nSPS) is 17.3. The minimum Gasteiger partial charge on any atom is -0.336 e. The van der Waals surface area contributed by atoms with Gasteiger partial charge in [0.05, 0.1) is 17.7 Å². The molecule has 0 saturated carbocycles. The van der Waals surface area contributed by atoms with Crippen molar-refractivity contribution in [1.29, 1.82) is 5.26 Å². The molecule has 0 spiro atoms. The molecule has 1 unspecified atom stereocenters. The number of carbonyl (C=O) groups excluding carboxylic acids is 1. The van der Waals surface area contributed by atoms with Crippen molar-refractivity contribution in [2.75, 3.05) is 26.2 Å². The van der Waals surface area contributed by atoms with E-state index in [-0.39, 0.29) is 22.3 Å². The molecule has 7 heteroatoms. The van der Waals surface area contributed by atoms with Crippen LogP contribution < -0.4 is 0 Å². The van der Waals surface area contributed by atoms with E-state index < -0.39 is 0 Å². The maximum absolute atomic E-state index is 12.4. The molecule has 0 aromatic carbocycles. The predicted molar refractivity (Wildman–Crippen MR) is 81.4 cm³/mol. The smallest absolute Gasteiger partial charge is 0.257 e. The molecular weight excluding hydrogens is 311 g/mol. The third kappa shape index (κ3) is 3.65. The number of aromatic nitrogens is 1. The van der Waals surface area contributed by atoms with Crippen LogP contribution in [0.4, 0.5) is 0 Å².